The molecule has 8 nitrogen and oxygen atoms in total. The van der Waals surface area contributed by atoms with Gasteiger partial charge in [-0.1, -0.05) is 35.3 Å². The Balaban J connectivity index is 1.56. The van der Waals surface area contributed by atoms with Gasteiger partial charge in [0, 0.05) is 31.2 Å². The lowest BCUT2D eigenvalue weighted by molar-refractivity contribution is 0.940. The van der Waals surface area contributed by atoms with E-state index in [-0.39, 0.29) is 27.2 Å². The molecule has 10 heteroatoms. The quantitative estimate of drug-likeness (QED) is 0.486. The van der Waals surface area contributed by atoms with Crippen LogP contribution < -0.4 is 21.6 Å². The van der Waals surface area contributed by atoms with Gasteiger partial charge in [-0.2, -0.15) is 9.97 Å². The van der Waals surface area contributed by atoms with Crippen molar-refractivity contribution in [3.63, 3.8) is 0 Å². The smallest absolute Gasteiger partial charge is 0.355 e. The zero-order valence-electron chi connectivity index (χ0n) is 16.4. The number of benzene rings is 2. The molecule has 1 aliphatic heterocycles. The van der Waals surface area contributed by atoms with Crippen molar-refractivity contribution in [2.45, 2.75) is 6.42 Å². The Morgan fingerprint density at radius 3 is 2.68 bits per heavy atom. The molecule has 4 aromatic rings. The highest BCUT2D eigenvalue weighted by Crippen LogP contribution is 2.32. The molecule has 2 aromatic carbocycles. The monoisotopic (exact) mass is 453 g/mol. The predicted octanol–water partition coefficient (Wildman–Crippen LogP) is 3.80. The Bertz CT molecular complexity index is 1380. The molecule has 2 aromatic heterocycles. The lowest BCUT2D eigenvalue weighted by atomic mass is 10.1. The summed E-state index contributed by atoms with van der Waals surface area (Å²) in [5, 5.41) is 4.14. The summed E-state index contributed by atoms with van der Waals surface area (Å²) in [6, 6.07) is 11.0. The van der Waals surface area contributed by atoms with Crippen molar-refractivity contribution in [2.24, 2.45) is 0 Å². The lowest BCUT2D eigenvalue weighted by Crippen LogP contribution is -2.25. The van der Waals surface area contributed by atoms with Crippen LogP contribution in [0, 0.1) is 0 Å². The molecule has 31 heavy (non-hydrogen) atoms. The fraction of sp³-hybridized carbons (Fsp3) is 0.143. The summed E-state index contributed by atoms with van der Waals surface area (Å²) in [6.45, 7) is 0.996. The molecular formula is C21H17Cl2N7O. The van der Waals surface area contributed by atoms with E-state index in [0.29, 0.717) is 11.3 Å². The van der Waals surface area contributed by atoms with Gasteiger partial charge in [-0.05, 0) is 36.2 Å². The van der Waals surface area contributed by atoms with Crippen LogP contribution in [0.25, 0.3) is 16.7 Å². The largest absolute Gasteiger partial charge is 0.384 e. The summed E-state index contributed by atoms with van der Waals surface area (Å²) in [4.78, 5) is 27.8. The molecule has 156 valence electrons. The average molecular weight is 454 g/mol. The summed E-state index contributed by atoms with van der Waals surface area (Å²) < 4.78 is 1.17. The van der Waals surface area contributed by atoms with Crippen molar-refractivity contribution in [2.75, 3.05) is 29.5 Å². The third-order valence-corrected chi connectivity index (χ3v) is 5.92. The number of halogens is 2. The highest BCUT2D eigenvalue weighted by molar-refractivity contribution is 6.37. The Morgan fingerprint density at radius 1 is 1.13 bits per heavy atom. The Labute approximate surface area is 187 Å². The normalized spacial score (nSPS) is 12.9. The summed E-state index contributed by atoms with van der Waals surface area (Å²) in [5.74, 6) is 0.420. The zero-order valence-corrected chi connectivity index (χ0v) is 17.9. The highest BCUT2D eigenvalue weighted by Gasteiger charge is 2.18. The SMILES string of the molecule is CN1CCc2ccc(Nc3ncc4c(N)n(-c5c(Cl)cccc5Cl)c(=O)nc4n3)cc21. The first kappa shape index (κ1) is 19.6. The standard InChI is InChI=1S/C21H17Cl2N7O/c1-29-8-7-11-5-6-12(9-16(11)29)26-20-25-10-13-18(24)30(21(31)28-19(13)27-20)17-14(22)3-2-4-15(17)23/h2-6,9-10H,7-8,24H2,1H3,(H,26,27,28,31). The maximum absolute atomic E-state index is 12.8. The Morgan fingerprint density at radius 2 is 1.90 bits per heavy atom. The number of nitrogen functional groups attached to an aromatic ring is 1. The van der Waals surface area contributed by atoms with Crippen LogP contribution in [-0.2, 0) is 6.42 Å². The number of hydrogen-bond acceptors (Lipinski definition) is 7. The molecule has 5 rings (SSSR count). The molecule has 0 saturated carbocycles. The Kier molecular flexibility index (Phi) is 4.68. The van der Waals surface area contributed by atoms with Gasteiger partial charge in [-0.15, -0.1) is 0 Å². The van der Waals surface area contributed by atoms with Crippen LogP contribution >= 0.6 is 23.2 Å². The maximum Gasteiger partial charge on any atom is 0.355 e. The average Bonchev–Trinajstić information content (AvgIpc) is 3.10. The van der Waals surface area contributed by atoms with Crippen LogP contribution in [-0.4, -0.2) is 33.1 Å². The van der Waals surface area contributed by atoms with Gasteiger partial charge in [-0.25, -0.2) is 14.3 Å². The first-order chi connectivity index (χ1) is 14.9. The van der Waals surface area contributed by atoms with E-state index in [4.69, 9.17) is 28.9 Å². The molecule has 0 aliphatic carbocycles. The summed E-state index contributed by atoms with van der Waals surface area (Å²) in [5.41, 5.74) is 9.41. The van der Waals surface area contributed by atoms with E-state index in [1.165, 1.54) is 22.0 Å². The zero-order chi connectivity index (χ0) is 21.7. The second kappa shape index (κ2) is 7.40. The Hall–Kier alpha value is -3.36. The number of nitrogens with zero attached hydrogens (tertiary/aromatic N) is 5. The van der Waals surface area contributed by atoms with Crippen LogP contribution in [0.2, 0.25) is 10.0 Å². The van der Waals surface area contributed by atoms with Crippen LogP contribution in [0.5, 0.6) is 0 Å². The molecule has 3 heterocycles. The van der Waals surface area contributed by atoms with E-state index in [1.54, 1.807) is 18.2 Å². The minimum Gasteiger partial charge on any atom is -0.384 e. The summed E-state index contributed by atoms with van der Waals surface area (Å²) in [6.07, 6.45) is 2.55. The van der Waals surface area contributed by atoms with Crippen LogP contribution in [0.1, 0.15) is 5.56 Å². The van der Waals surface area contributed by atoms with Crippen LogP contribution in [0.3, 0.4) is 0 Å². The molecule has 0 radical (unpaired) electrons. The van der Waals surface area contributed by atoms with Gasteiger partial charge < -0.3 is 16.0 Å². The van der Waals surface area contributed by atoms with Gasteiger partial charge >= 0.3 is 5.69 Å². The minimum absolute atomic E-state index is 0.107. The number of anilines is 4. The summed E-state index contributed by atoms with van der Waals surface area (Å²) in [7, 11) is 2.06. The number of rotatable bonds is 3. The van der Waals surface area contributed by atoms with E-state index in [9.17, 15) is 4.79 Å². The number of hydrogen-bond donors (Lipinski definition) is 2. The molecule has 0 amide bonds. The molecule has 0 unspecified atom stereocenters. The molecule has 0 fully saturated rings. The number of nitrogens with two attached hydrogens (primary N) is 1. The number of aromatic nitrogens is 4. The van der Waals surface area contributed by atoms with Crippen molar-refractivity contribution in [3.05, 3.63) is 68.7 Å². The number of para-hydroxylation sites is 1. The summed E-state index contributed by atoms with van der Waals surface area (Å²) >= 11 is 12.5. The van der Waals surface area contributed by atoms with E-state index < -0.39 is 5.69 Å². The second-order valence-corrected chi connectivity index (χ2v) is 8.07. The number of likely N-dealkylation sites (N-methyl/N-ethyl adjacent to an activating group) is 1. The third kappa shape index (κ3) is 3.34. The van der Waals surface area contributed by atoms with Gasteiger partial charge in [-0.3, -0.25) is 0 Å². The van der Waals surface area contributed by atoms with E-state index in [2.05, 4.69) is 44.3 Å². The highest BCUT2D eigenvalue weighted by atomic mass is 35.5. The van der Waals surface area contributed by atoms with Gasteiger partial charge in [0.2, 0.25) is 5.95 Å². The van der Waals surface area contributed by atoms with Crippen molar-refractivity contribution in [1.82, 2.24) is 19.5 Å². The molecule has 0 saturated heterocycles. The van der Waals surface area contributed by atoms with E-state index in [0.717, 1.165) is 18.7 Å². The van der Waals surface area contributed by atoms with Crippen molar-refractivity contribution < 1.29 is 0 Å². The van der Waals surface area contributed by atoms with Crippen molar-refractivity contribution in [1.29, 1.82) is 0 Å². The van der Waals surface area contributed by atoms with Crippen molar-refractivity contribution >= 4 is 57.4 Å². The maximum atomic E-state index is 12.8. The van der Waals surface area contributed by atoms with Crippen molar-refractivity contribution in [3.8, 4) is 5.69 Å². The molecule has 0 bridgehead atoms. The second-order valence-electron chi connectivity index (χ2n) is 7.26. The van der Waals surface area contributed by atoms with Crippen LogP contribution in [0.15, 0.2) is 47.4 Å². The predicted molar refractivity (Wildman–Crippen MR) is 124 cm³/mol. The molecular weight excluding hydrogens is 437 g/mol. The van der Waals surface area contributed by atoms with E-state index in [1.807, 2.05) is 6.07 Å². The fourth-order valence-corrected chi connectivity index (χ4v) is 4.29. The van der Waals surface area contributed by atoms with Gasteiger partial charge in [0.15, 0.2) is 5.65 Å². The van der Waals surface area contributed by atoms with Gasteiger partial charge in [0.25, 0.3) is 0 Å². The fourth-order valence-electron chi connectivity index (χ4n) is 3.73. The molecule has 3 N–H and O–H groups in total. The molecule has 0 atom stereocenters. The van der Waals surface area contributed by atoms with E-state index >= 15 is 0 Å². The molecule has 0 spiro atoms. The lowest BCUT2D eigenvalue weighted by Gasteiger charge is -2.15. The number of fused-ring (bicyclic) bond motifs is 2. The third-order valence-electron chi connectivity index (χ3n) is 5.31. The van der Waals surface area contributed by atoms with Crippen LogP contribution in [0.4, 0.5) is 23.1 Å². The topological polar surface area (TPSA) is 102 Å². The van der Waals surface area contributed by atoms with Gasteiger partial charge in [0.1, 0.15) is 5.82 Å². The minimum atomic E-state index is -0.635. The number of nitrogens with one attached hydrogen (secondary N) is 1. The first-order valence-corrected chi connectivity index (χ1v) is 10.3. The van der Waals surface area contributed by atoms with Gasteiger partial charge in [0.05, 0.1) is 21.1 Å². The molecule has 1 aliphatic rings. The first-order valence-electron chi connectivity index (χ1n) is 9.53.